The number of nitrogens with zero attached hydrogens (tertiary/aromatic N) is 2. The van der Waals surface area contributed by atoms with Crippen LogP contribution in [-0.4, -0.2) is 16.5 Å². The van der Waals surface area contributed by atoms with Crippen molar-refractivity contribution in [3.05, 3.63) is 49.2 Å². The quantitative estimate of drug-likeness (QED) is 0.674. The first-order valence-electron chi connectivity index (χ1n) is 5.21. The van der Waals surface area contributed by atoms with E-state index in [4.69, 9.17) is 0 Å². The Morgan fingerprint density at radius 2 is 2.39 bits per heavy atom. The van der Waals surface area contributed by atoms with Gasteiger partial charge in [-0.05, 0) is 44.7 Å². The maximum Gasteiger partial charge on any atom is 0.312 e. The molecule has 1 N–H and O–H groups in total. The van der Waals surface area contributed by atoms with Gasteiger partial charge in [-0.1, -0.05) is 0 Å². The van der Waals surface area contributed by atoms with Crippen LogP contribution in [0.3, 0.4) is 0 Å². The van der Waals surface area contributed by atoms with Gasteiger partial charge in [-0.2, -0.15) is 11.3 Å². The number of halogens is 1. The van der Waals surface area contributed by atoms with E-state index in [9.17, 15) is 10.1 Å². The Hall–Kier alpha value is -1.47. The van der Waals surface area contributed by atoms with Gasteiger partial charge in [-0.3, -0.25) is 10.1 Å². The molecule has 0 bridgehead atoms. The second-order valence-corrected chi connectivity index (χ2v) is 5.28. The Morgan fingerprint density at radius 1 is 1.56 bits per heavy atom. The van der Waals surface area contributed by atoms with Crippen molar-refractivity contribution in [2.24, 2.45) is 0 Å². The molecule has 2 aromatic rings. The van der Waals surface area contributed by atoms with E-state index in [2.05, 4.69) is 31.6 Å². The third kappa shape index (κ3) is 3.27. The molecule has 0 saturated heterocycles. The average Bonchev–Trinajstić information content (AvgIpc) is 2.84. The second-order valence-electron chi connectivity index (χ2n) is 3.59. The lowest BCUT2D eigenvalue weighted by molar-refractivity contribution is -0.384. The molecule has 94 valence electrons. The van der Waals surface area contributed by atoms with Crippen LogP contribution in [0, 0.1) is 10.1 Å². The van der Waals surface area contributed by atoms with Crippen LogP contribution in [0.1, 0.15) is 5.56 Å². The molecule has 0 aliphatic rings. The maximum absolute atomic E-state index is 10.9. The predicted molar refractivity (Wildman–Crippen MR) is 75.1 cm³/mol. The Balaban J connectivity index is 2.02. The summed E-state index contributed by atoms with van der Waals surface area (Å²) in [6.07, 6.45) is 2.36. The molecule has 0 aromatic carbocycles. The molecule has 2 aromatic heterocycles. The van der Waals surface area contributed by atoms with Gasteiger partial charge in [0.25, 0.3) is 0 Å². The highest BCUT2D eigenvalue weighted by molar-refractivity contribution is 9.10. The smallest absolute Gasteiger partial charge is 0.312 e. The molecule has 7 heteroatoms. The number of anilines is 1. The Kier molecular flexibility index (Phi) is 4.27. The van der Waals surface area contributed by atoms with Crippen LogP contribution in [0.5, 0.6) is 0 Å². The molecule has 0 unspecified atom stereocenters. The zero-order valence-electron chi connectivity index (χ0n) is 9.30. The fraction of sp³-hybridized carbons (Fsp3) is 0.182. The van der Waals surface area contributed by atoms with Gasteiger partial charge < -0.3 is 5.32 Å². The number of pyridine rings is 1. The summed E-state index contributed by atoms with van der Waals surface area (Å²) in [6, 6.07) is 3.48. The van der Waals surface area contributed by atoms with Crippen LogP contribution in [0.2, 0.25) is 0 Å². The van der Waals surface area contributed by atoms with E-state index in [1.54, 1.807) is 17.5 Å². The van der Waals surface area contributed by atoms with Crippen molar-refractivity contribution in [1.29, 1.82) is 0 Å². The lowest BCUT2D eigenvalue weighted by Crippen LogP contribution is -2.08. The van der Waals surface area contributed by atoms with Crippen LogP contribution in [0.15, 0.2) is 33.6 Å². The number of thiophene rings is 1. The maximum atomic E-state index is 10.9. The zero-order valence-corrected chi connectivity index (χ0v) is 11.7. The Morgan fingerprint density at radius 3 is 3.06 bits per heavy atom. The fourth-order valence-corrected chi connectivity index (χ4v) is 2.49. The van der Waals surface area contributed by atoms with E-state index in [0.717, 1.165) is 6.42 Å². The van der Waals surface area contributed by atoms with E-state index in [1.807, 2.05) is 11.4 Å². The zero-order chi connectivity index (χ0) is 13.0. The monoisotopic (exact) mass is 327 g/mol. The molecule has 0 amide bonds. The van der Waals surface area contributed by atoms with Crippen molar-refractivity contribution in [3.63, 3.8) is 0 Å². The number of hydrogen-bond acceptors (Lipinski definition) is 5. The molecular formula is C11H10BrN3O2S. The molecule has 0 aliphatic carbocycles. The minimum Gasteiger partial charge on any atom is -0.364 e. The van der Waals surface area contributed by atoms with E-state index in [-0.39, 0.29) is 5.69 Å². The van der Waals surface area contributed by atoms with Gasteiger partial charge in [0.1, 0.15) is 0 Å². The number of rotatable bonds is 5. The van der Waals surface area contributed by atoms with E-state index in [0.29, 0.717) is 16.8 Å². The summed E-state index contributed by atoms with van der Waals surface area (Å²) in [4.78, 5) is 14.5. The molecule has 0 atom stereocenters. The van der Waals surface area contributed by atoms with Crippen molar-refractivity contribution in [1.82, 2.24) is 4.98 Å². The first-order chi connectivity index (χ1) is 8.66. The lowest BCUT2D eigenvalue weighted by Gasteiger charge is -2.05. The van der Waals surface area contributed by atoms with Crippen LogP contribution in [0.4, 0.5) is 11.5 Å². The third-order valence-corrected chi connectivity index (χ3v) is 3.48. The van der Waals surface area contributed by atoms with E-state index in [1.165, 1.54) is 11.6 Å². The van der Waals surface area contributed by atoms with E-state index < -0.39 is 4.92 Å². The summed E-state index contributed by atoms with van der Waals surface area (Å²) < 4.78 is 0.595. The average molecular weight is 328 g/mol. The Labute approximate surface area is 116 Å². The van der Waals surface area contributed by atoms with Crippen molar-refractivity contribution in [2.45, 2.75) is 6.42 Å². The molecule has 0 spiro atoms. The van der Waals surface area contributed by atoms with Crippen LogP contribution >= 0.6 is 27.3 Å². The molecular weight excluding hydrogens is 318 g/mol. The molecule has 18 heavy (non-hydrogen) atoms. The largest absolute Gasteiger partial charge is 0.364 e. The number of nitrogens with one attached hydrogen (secondary N) is 1. The highest BCUT2D eigenvalue weighted by Gasteiger charge is 2.15. The lowest BCUT2D eigenvalue weighted by atomic mass is 10.2. The van der Waals surface area contributed by atoms with Crippen molar-refractivity contribution >= 4 is 38.8 Å². The minimum absolute atomic E-state index is 0.0188. The van der Waals surface area contributed by atoms with Gasteiger partial charge in [-0.25, -0.2) is 4.98 Å². The molecule has 2 rings (SSSR count). The van der Waals surface area contributed by atoms with Crippen LogP contribution < -0.4 is 5.32 Å². The van der Waals surface area contributed by atoms with Crippen LogP contribution in [-0.2, 0) is 6.42 Å². The molecule has 0 fully saturated rings. The fourth-order valence-electron chi connectivity index (χ4n) is 1.46. The molecule has 0 saturated carbocycles. The summed E-state index contributed by atoms with van der Waals surface area (Å²) in [7, 11) is 0. The summed E-state index contributed by atoms with van der Waals surface area (Å²) >= 11 is 4.81. The molecule has 0 radical (unpaired) electrons. The van der Waals surface area contributed by atoms with Crippen molar-refractivity contribution < 1.29 is 4.92 Å². The standard InChI is InChI=1S/C11H10BrN3O2S/c12-9-5-10(15(16)17)11(14-6-9)13-3-1-8-2-4-18-7-8/h2,4-7H,1,3H2,(H,13,14). The first kappa shape index (κ1) is 13.0. The van der Waals surface area contributed by atoms with Gasteiger partial charge in [0.15, 0.2) is 0 Å². The molecule has 2 heterocycles. The number of hydrogen-bond donors (Lipinski definition) is 1. The summed E-state index contributed by atoms with van der Waals surface area (Å²) in [5.41, 5.74) is 1.20. The number of aromatic nitrogens is 1. The van der Waals surface area contributed by atoms with Gasteiger partial charge in [0.05, 0.1) is 4.92 Å². The summed E-state index contributed by atoms with van der Waals surface area (Å²) in [5.74, 6) is 0.304. The highest BCUT2D eigenvalue weighted by Crippen LogP contribution is 2.25. The second kappa shape index (κ2) is 5.92. The minimum atomic E-state index is -0.440. The van der Waals surface area contributed by atoms with E-state index >= 15 is 0 Å². The van der Waals surface area contributed by atoms with Crippen molar-refractivity contribution in [2.75, 3.05) is 11.9 Å². The van der Waals surface area contributed by atoms with Gasteiger partial charge in [0, 0.05) is 23.3 Å². The summed E-state index contributed by atoms with van der Waals surface area (Å²) in [5, 5.41) is 17.9. The van der Waals surface area contributed by atoms with Gasteiger partial charge >= 0.3 is 5.69 Å². The Bertz CT molecular complexity index is 545. The third-order valence-electron chi connectivity index (χ3n) is 2.32. The predicted octanol–water partition coefficient (Wildman–Crippen LogP) is 3.47. The first-order valence-corrected chi connectivity index (χ1v) is 6.95. The summed E-state index contributed by atoms with van der Waals surface area (Å²) in [6.45, 7) is 0.617. The SMILES string of the molecule is O=[N+]([O-])c1cc(Br)cnc1NCCc1ccsc1. The van der Waals surface area contributed by atoms with Crippen molar-refractivity contribution in [3.8, 4) is 0 Å². The highest BCUT2D eigenvalue weighted by atomic mass is 79.9. The van der Waals surface area contributed by atoms with Crippen LogP contribution in [0.25, 0.3) is 0 Å². The number of nitro groups is 1. The van der Waals surface area contributed by atoms with Gasteiger partial charge in [0.2, 0.25) is 5.82 Å². The molecule has 0 aliphatic heterocycles. The topological polar surface area (TPSA) is 68.1 Å². The van der Waals surface area contributed by atoms with Gasteiger partial charge in [-0.15, -0.1) is 0 Å². The normalized spacial score (nSPS) is 10.3. The molecule has 5 nitrogen and oxygen atoms in total.